The van der Waals surface area contributed by atoms with Crippen LogP contribution in [0.5, 0.6) is 23.0 Å². The molecule has 0 atom stereocenters. The average Bonchev–Trinajstić information content (AvgIpc) is 3.14. The number of nitrogens with zero attached hydrogens (tertiary/aromatic N) is 2. The van der Waals surface area contributed by atoms with Crippen LogP contribution in [0, 0.1) is 6.92 Å². The Kier molecular flexibility index (Phi) is 5.92. The predicted molar refractivity (Wildman–Crippen MR) is 109 cm³/mol. The minimum atomic E-state index is -0.352. The molecule has 0 saturated carbocycles. The molecule has 0 fully saturated rings. The van der Waals surface area contributed by atoms with Gasteiger partial charge in [-0.2, -0.15) is 5.10 Å². The van der Waals surface area contributed by atoms with Gasteiger partial charge in [0.05, 0.1) is 34.1 Å². The first-order chi connectivity index (χ1) is 14.0. The van der Waals surface area contributed by atoms with Gasteiger partial charge >= 0.3 is 0 Å². The van der Waals surface area contributed by atoms with E-state index in [1.165, 1.54) is 21.3 Å². The van der Waals surface area contributed by atoms with E-state index in [1.54, 1.807) is 30.0 Å². The van der Waals surface area contributed by atoms with E-state index in [2.05, 4.69) is 10.4 Å². The fourth-order valence-electron chi connectivity index (χ4n) is 2.92. The number of rotatable bonds is 7. The van der Waals surface area contributed by atoms with Crippen LogP contribution in [-0.4, -0.2) is 44.1 Å². The molecule has 29 heavy (non-hydrogen) atoms. The number of methoxy groups -OCH3 is 4. The quantitative estimate of drug-likeness (QED) is 0.657. The zero-order valence-corrected chi connectivity index (χ0v) is 17.0. The smallest absolute Gasteiger partial charge is 0.276 e. The lowest BCUT2D eigenvalue weighted by molar-refractivity contribution is 0.102. The number of aryl methyl sites for hydroxylation is 1. The highest BCUT2D eigenvalue weighted by molar-refractivity contribution is 6.03. The van der Waals surface area contributed by atoms with Gasteiger partial charge in [-0.3, -0.25) is 4.79 Å². The van der Waals surface area contributed by atoms with E-state index in [0.29, 0.717) is 22.9 Å². The summed E-state index contributed by atoms with van der Waals surface area (Å²) in [5.41, 5.74) is 2.44. The number of carbonyl (C=O) groups is 1. The fourth-order valence-corrected chi connectivity index (χ4v) is 2.92. The zero-order valence-electron chi connectivity index (χ0n) is 17.0. The van der Waals surface area contributed by atoms with Gasteiger partial charge in [-0.1, -0.05) is 0 Å². The largest absolute Gasteiger partial charge is 0.497 e. The van der Waals surface area contributed by atoms with E-state index >= 15 is 0 Å². The number of carbonyl (C=O) groups excluding carboxylic acids is 1. The molecule has 1 aromatic heterocycles. The summed E-state index contributed by atoms with van der Waals surface area (Å²) in [6.07, 6.45) is 0. The van der Waals surface area contributed by atoms with E-state index in [4.69, 9.17) is 18.9 Å². The minimum absolute atomic E-state index is 0.284. The Balaban J connectivity index is 1.86. The Morgan fingerprint density at radius 2 is 1.52 bits per heavy atom. The highest BCUT2D eigenvalue weighted by atomic mass is 16.5. The van der Waals surface area contributed by atoms with Crippen LogP contribution in [0.3, 0.4) is 0 Å². The molecule has 1 heterocycles. The molecule has 2 aromatic carbocycles. The number of nitrogens with one attached hydrogen (secondary N) is 1. The van der Waals surface area contributed by atoms with Crippen LogP contribution in [0.15, 0.2) is 42.5 Å². The molecule has 1 amide bonds. The van der Waals surface area contributed by atoms with Gasteiger partial charge in [-0.15, -0.1) is 0 Å². The first-order valence-electron chi connectivity index (χ1n) is 8.83. The van der Waals surface area contributed by atoms with Crippen molar-refractivity contribution in [3.63, 3.8) is 0 Å². The van der Waals surface area contributed by atoms with Crippen LogP contribution < -0.4 is 24.3 Å². The summed E-state index contributed by atoms with van der Waals surface area (Å²) >= 11 is 0. The monoisotopic (exact) mass is 397 g/mol. The lowest BCUT2D eigenvalue weighted by Crippen LogP contribution is -2.13. The van der Waals surface area contributed by atoms with E-state index in [1.807, 2.05) is 31.2 Å². The highest BCUT2D eigenvalue weighted by Crippen LogP contribution is 2.40. The predicted octanol–water partition coefficient (Wildman–Crippen LogP) is 3.47. The maximum absolute atomic E-state index is 12.7. The lowest BCUT2D eigenvalue weighted by Gasteiger charge is -2.14. The van der Waals surface area contributed by atoms with Crippen molar-refractivity contribution in [3.8, 4) is 28.7 Å². The molecule has 0 aliphatic carbocycles. The number of hydrogen-bond donors (Lipinski definition) is 1. The van der Waals surface area contributed by atoms with Crippen molar-refractivity contribution in [1.82, 2.24) is 9.78 Å². The van der Waals surface area contributed by atoms with Gasteiger partial charge in [0.2, 0.25) is 5.75 Å². The second kappa shape index (κ2) is 8.55. The molecule has 8 nitrogen and oxygen atoms in total. The summed E-state index contributed by atoms with van der Waals surface area (Å²) in [6, 6.07) is 12.5. The lowest BCUT2D eigenvalue weighted by atomic mass is 10.2. The fraction of sp³-hybridized carbons (Fsp3) is 0.238. The molecule has 152 valence electrons. The number of benzene rings is 2. The van der Waals surface area contributed by atoms with Crippen LogP contribution in [-0.2, 0) is 0 Å². The molecule has 0 bridgehead atoms. The molecule has 0 aliphatic rings. The van der Waals surface area contributed by atoms with Crippen molar-refractivity contribution in [2.45, 2.75) is 6.92 Å². The zero-order chi connectivity index (χ0) is 21.0. The molecule has 0 saturated heterocycles. The van der Waals surface area contributed by atoms with Crippen LogP contribution in [0.4, 0.5) is 5.69 Å². The standard InChI is InChI=1S/C21H23N3O5/c1-13-10-17(23-24(13)15-6-8-16(26-2)9-7-15)21(25)22-14-11-18(27-3)20(29-5)19(12-14)28-4/h6-12H,1-5H3,(H,22,25). The summed E-state index contributed by atoms with van der Waals surface area (Å²) in [7, 11) is 6.17. The molecule has 0 aliphatic heterocycles. The minimum Gasteiger partial charge on any atom is -0.497 e. The normalized spacial score (nSPS) is 10.4. The van der Waals surface area contributed by atoms with E-state index in [9.17, 15) is 4.79 Å². The topological polar surface area (TPSA) is 83.8 Å². The molecule has 3 rings (SSSR count). The first kappa shape index (κ1) is 20.1. The van der Waals surface area contributed by atoms with Crippen LogP contribution in [0.2, 0.25) is 0 Å². The van der Waals surface area contributed by atoms with E-state index in [-0.39, 0.29) is 11.6 Å². The molecular weight excluding hydrogens is 374 g/mol. The number of ether oxygens (including phenoxy) is 4. The van der Waals surface area contributed by atoms with Crippen molar-refractivity contribution >= 4 is 11.6 Å². The third-order valence-electron chi connectivity index (χ3n) is 4.36. The Hall–Kier alpha value is -3.68. The Morgan fingerprint density at radius 3 is 2.03 bits per heavy atom. The summed E-state index contributed by atoms with van der Waals surface area (Å²) in [4.78, 5) is 12.7. The van der Waals surface area contributed by atoms with Gasteiger partial charge in [0.25, 0.3) is 5.91 Å². The van der Waals surface area contributed by atoms with Gasteiger partial charge in [-0.25, -0.2) is 4.68 Å². The third-order valence-corrected chi connectivity index (χ3v) is 4.36. The molecule has 8 heteroatoms. The molecule has 0 unspecified atom stereocenters. The van der Waals surface area contributed by atoms with Crippen molar-refractivity contribution < 1.29 is 23.7 Å². The summed E-state index contributed by atoms with van der Waals surface area (Å²) in [5.74, 6) is 1.74. The summed E-state index contributed by atoms with van der Waals surface area (Å²) in [5, 5.41) is 7.25. The van der Waals surface area contributed by atoms with Crippen LogP contribution >= 0.6 is 0 Å². The van der Waals surface area contributed by atoms with Crippen LogP contribution in [0.25, 0.3) is 5.69 Å². The second-order valence-electron chi connectivity index (χ2n) is 6.15. The maximum Gasteiger partial charge on any atom is 0.276 e. The highest BCUT2D eigenvalue weighted by Gasteiger charge is 2.17. The Labute approximate surface area is 169 Å². The van der Waals surface area contributed by atoms with Gasteiger partial charge in [-0.05, 0) is 37.3 Å². The maximum atomic E-state index is 12.7. The van der Waals surface area contributed by atoms with Gasteiger partial charge in [0.1, 0.15) is 5.75 Å². The first-order valence-corrected chi connectivity index (χ1v) is 8.83. The van der Waals surface area contributed by atoms with Gasteiger partial charge < -0.3 is 24.3 Å². The summed E-state index contributed by atoms with van der Waals surface area (Å²) < 4.78 is 22.8. The number of anilines is 1. The van der Waals surface area contributed by atoms with Crippen LogP contribution in [0.1, 0.15) is 16.2 Å². The van der Waals surface area contributed by atoms with Gasteiger partial charge in [0, 0.05) is 23.5 Å². The molecule has 1 N–H and O–H groups in total. The third kappa shape index (κ3) is 4.11. The van der Waals surface area contributed by atoms with E-state index in [0.717, 1.165) is 17.1 Å². The number of amides is 1. The summed E-state index contributed by atoms with van der Waals surface area (Å²) in [6.45, 7) is 1.88. The molecule has 0 radical (unpaired) electrons. The number of aromatic nitrogens is 2. The Morgan fingerprint density at radius 1 is 0.897 bits per heavy atom. The molecule has 3 aromatic rings. The van der Waals surface area contributed by atoms with Crippen molar-refractivity contribution in [1.29, 1.82) is 0 Å². The average molecular weight is 397 g/mol. The number of hydrogen-bond acceptors (Lipinski definition) is 6. The van der Waals surface area contributed by atoms with E-state index < -0.39 is 0 Å². The van der Waals surface area contributed by atoms with Crippen molar-refractivity contribution in [2.24, 2.45) is 0 Å². The Bertz CT molecular complexity index is 987. The van der Waals surface area contributed by atoms with Gasteiger partial charge in [0.15, 0.2) is 17.2 Å². The molecule has 0 spiro atoms. The SMILES string of the molecule is COc1ccc(-n2nc(C(=O)Nc3cc(OC)c(OC)c(OC)c3)cc2C)cc1. The molecular formula is C21H23N3O5. The second-order valence-corrected chi connectivity index (χ2v) is 6.15. The van der Waals surface area contributed by atoms with Crippen molar-refractivity contribution in [2.75, 3.05) is 33.8 Å². The van der Waals surface area contributed by atoms with Crippen molar-refractivity contribution in [3.05, 3.63) is 53.9 Å².